The van der Waals surface area contributed by atoms with E-state index in [9.17, 15) is 9.59 Å². The highest BCUT2D eigenvalue weighted by molar-refractivity contribution is 6.02. The van der Waals surface area contributed by atoms with Gasteiger partial charge in [-0.25, -0.2) is 0 Å². The number of fused-ring (bicyclic) bond motifs is 1. The average molecular weight is 333 g/mol. The van der Waals surface area contributed by atoms with Crippen molar-refractivity contribution in [1.82, 2.24) is 4.98 Å². The van der Waals surface area contributed by atoms with Crippen LogP contribution in [0.25, 0.3) is 10.9 Å². The molecule has 0 aliphatic carbocycles. The number of carbonyl (C=O) groups is 2. The number of amides is 2. The summed E-state index contributed by atoms with van der Waals surface area (Å²) in [7, 11) is 0. The lowest BCUT2D eigenvalue weighted by Gasteiger charge is -2.16. The molecule has 1 aliphatic rings. The van der Waals surface area contributed by atoms with Gasteiger partial charge in [-0.1, -0.05) is 18.2 Å². The molecule has 5 heteroatoms. The van der Waals surface area contributed by atoms with Crippen molar-refractivity contribution in [3.05, 3.63) is 60.3 Å². The van der Waals surface area contributed by atoms with Crippen molar-refractivity contribution in [2.45, 2.75) is 19.3 Å². The Labute approximate surface area is 145 Å². The summed E-state index contributed by atoms with van der Waals surface area (Å²) in [5.74, 6) is 0.0827. The van der Waals surface area contributed by atoms with Crippen molar-refractivity contribution < 1.29 is 9.59 Å². The summed E-state index contributed by atoms with van der Waals surface area (Å²) < 4.78 is 0. The van der Waals surface area contributed by atoms with E-state index in [4.69, 9.17) is 0 Å². The topological polar surface area (TPSA) is 65.2 Å². The molecule has 5 nitrogen and oxygen atoms in total. The molecule has 2 amide bonds. The molecular weight excluding hydrogens is 314 g/mol. The van der Waals surface area contributed by atoms with Crippen LogP contribution in [0.3, 0.4) is 0 Å². The molecule has 4 rings (SSSR count). The van der Waals surface area contributed by atoms with Crippen LogP contribution in [-0.4, -0.2) is 23.3 Å². The first-order valence-corrected chi connectivity index (χ1v) is 8.46. The maximum Gasteiger partial charge on any atom is 0.228 e. The largest absolute Gasteiger partial charge is 0.361 e. The van der Waals surface area contributed by atoms with Gasteiger partial charge in [0.1, 0.15) is 0 Å². The second kappa shape index (κ2) is 6.43. The van der Waals surface area contributed by atoms with Crippen LogP contribution in [0.5, 0.6) is 0 Å². The molecule has 2 aromatic carbocycles. The van der Waals surface area contributed by atoms with Crippen molar-refractivity contribution in [3.8, 4) is 0 Å². The van der Waals surface area contributed by atoms with Gasteiger partial charge < -0.3 is 15.2 Å². The van der Waals surface area contributed by atoms with Crippen LogP contribution < -0.4 is 10.2 Å². The zero-order valence-corrected chi connectivity index (χ0v) is 13.8. The van der Waals surface area contributed by atoms with Crippen LogP contribution in [0.4, 0.5) is 11.4 Å². The summed E-state index contributed by atoms with van der Waals surface area (Å²) in [5, 5.41) is 3.97. The van der Waals surface area contributed by atoms with Gasteiger partial charge in [-0.05, 0) is 42.3 Å². The molecule has 3 aromatic rings. The molecule has 0 bridgehead atoms. The fraction of sp³-hybridized carbons (Fsp3) is 0.200. The van der Waals surface area contributed by atoms with Gasteiger partial charge in [0.15, 0.2) is 0 Å². The van der Waals surface area contributed by atoms with Crippen LogP contribution >= 0.6 is 0 Å². The van der Waals surface area contributed by atoms with Gasteiger partial charge >= 0.3 is 0 Å². The molecule has 0 radical (unpaired) electrons. The van der Waals surface area contributed by atoms with E-state index >= 15 is 0 Å². The van der Waals surface area contributed by atoms with Gasteiger partial charge in [0.05, 0.1) is 12.1 Å². The maximum absolute atomic E-state index is 12.4. The molecule has 25 heavy (non-hydrogen) atoms. The predicted molar refractivity (Wildman–Crippen MR) is 98.7 cm³/mol. The minimum atomic E-state index is -0.0707. The van der Waals surface area contributed by atoms with E-state index in [0.29, 0.717) is 6.42 Å². The van der Waals surface area contributed by atoms with Gasteiger partial charge in [-0.2, -0.15) is 0 Å². The van der Waals surface area contributed by atoms with Crippen LogP contribution in [0, 0.1) is 0 Å². The van der Waals surface area contributed by atoms with Gasteiger partial charge in [-0.15, -0.1) is 0 Å². The monoisotopic (exact) mass is 333 g/mol. The highest BCUT2D eigenvalue weighted by Gasteiger charge is 2.21. The lowest BCUT2D eigenvalue weighted by atomic mass is 10.1. The Morgan fingerprint density at radius 3 is 2.88 bits per heavy atom. The highest BCUT2D eigenvalue weighted by Crippen LogP contribution is 2.24. The Kier molecular flexibility index (Phi) is 3.98. The molecule has 1 aliphatic heterocycles. The standard InChI is InChI=1S/C20H19N3O2/c24-19(22-18-7-2-6-17-16(18)9-10-21-17)13-14-4-1-5-15(12-14)23-11-3-8-20(23)25/h1-2,4-7,9-10,12,21H,3,8,11,13H2,(H,22,24). The first kappa shape index (κ1) is 15.4. The molecule has 1 fully saturated rings. The molecule has 1 saturated heterocycles. The SMILES string of the molecule is O=C(Cc1cccc(N2CCCC2=O)c1)Nc1cccc2[nH]ccc12. The number of aromatic amines is 1. The molecule has 126 valence electrons. The number of nitrogens with one attached hydrogen (secondary N) is 2. The van der Waals surface area contributed by atoms with Crippen LogP contribution in [-0.2, 0) is 16.0 Å². The van der Waals surface area contributed by atoms with Gasteiger partial charge in [-0.3, -0.25) is 9.59 Å². The molecule has 0 saturated carbocycles. The number of rotatable bonds is 4. The van der Waals surface area contributed by atoms with E-state index in [0.717, 1.165) is 40.8 Å². The second-order valence-corrected chi connectivity index (χ2v) is 6.29. The Bertz CT molecular complexity index is 945. The number of carbonyl (C=O) groups excluding carboxylic acids is 2. The Hall–Kier alpha value is -3.08. The average Bonchev–Trinajstić information content (AvgIpc) is 3.24. The van der Waals surface area contributed by atoms with E-state index in [2.05, 4.69) is 10.3 Å². The van der Waals surface area contributed by atoms with Crippen molar-refractivity contribution in [2.24, 2.45) is 0 Å². The fourth-order valence-electron chi connectivity index (χ4n) is 3.33. The number of anilines is 2. The first-order chi connectivity index (χ1) is 12.2. The third kappa shape index (κ3) is 3.13. The number of H-pyrrole nitrogens is 1. The summed E-state index contributed by atoms with van der Waals surface area (Å²) in [6.07, 6.45) is 3.63. The van der Waals surface area contributed by atoms with Crippen LogP contribution in [0.15, 0.2) is 54.7 Å². The Morgan fingerprint density at radius 2 is 2.04 bits per heavy atom. The summed E-state index contributed by atoms with van der Waals surface area (Å²) in [5.41, 5.74) is 3.57. The predicted octanol–water partition coefficient (Wildman–Crippen LogP) is 3.48. The van der Waals surface area contributed by atoms with Crippen molar-refractivity contribution in [1.29, 1.82) is 0 Å². The van der Waals surface area contributed by atoms with Gasteiger partial charge in [0.2, 0.25) is 11.8 Å². The molecule has 1 aromatic heterocycles. The third-order valence-electron chi connectivity index (χ3n) is 4.53. The van der Waals surface area contributed by atoms with Gasteiger partial charge in [0.25, 0.3) is 0 Å². The summed E-state index contributed by atoms with van der Waals surface area (Å²) in [4.78, 5) is 29.3. The van der Waals surface area contributed by atoms with Crippen LogP contribution in [0.1, 0.15) is 18.4 Å². The molecule has 0 atom stereocenters. The molecule has 2 heterocycles. The van der Waals surface area contributed by atoms with E-state index < -0.39 is 0 Å². The van der Waals surface area contributed by atoms with Crippen LogP contribution in [0.2, 0.25) is 0 Å². The lowest BCUT2D eigenvalue weighted by molar-refractivity contribution is -0.117. The van der Waals surface area contributed by atoms with E-state index in [1.165, 1.54) is 0 Å². The highest BCUT2D eigenvalue weighted by atomic mass is 16.2. The molecule has 2 N–H and O–H groups in total. The molecular formula is C20H19N3O2. The maximum atomic E-state index is 12.4. The number of hydrogen-bond donors (Lipinski definition) is 2. The zero-order valence-electron chi connectivity index (χ0n) is 13.8. The van der Waals surface area contributed by atoms with E-state index in [-0.39, 0.29) is 18.2 Å². The quantitative estimate of drug-likeness (QED) is 0.768. The number of benzene rings is 2. The zero-order chi connectivity index (χ0) is 17.2. The lowest BCUT2D eigenvalue weighted by Crippen LogP contribution is -2.23. The van der Waals surface area contributed by atoms with Crippen molar-refractivity contribution in [2.75, 3.05) is 16.8 Å². The Morgan fingerprint density at radius 1 is 1.16 bits per heavy atom. The second-order valence-electron chi connectivity index (χ2n) is 6.29. The van der Waals surface area contributed by atoms with Crippen molar-refractivity contribution >= 4 is 34.1 Å². The molecule has 0 spiro atoms. The normalized spacial score (nSPS) is 14.2. The minimum Gasteiger partial charge on any atom is -0.361 e. The van der Waals surface area contributed by atoms with Gasteiger partial charge in [0, 0.05) is 35.8 Å². The number of nitrogens with zero attached hydrogens (tertiary/aromatic N) is 1. The minimum absolute atomic E-state index is 0.0707. The fourth-order valence-corrected chi connectivity index (χ4v) is 3.33. The van der Waals surface area contributed by atoms with E-state index in [1.807, 2.05) is 54.7 Å². The first-order valence-electron chi connectivity index (χ1n) is 8.46. The summed E-state index contributed by atoms with van der Waals surface area (Å²) >= 11 is 0. The number of aromatic nitrogens is 1. The summed E-state index contributed by atoms with van der Waals surface area (Å²) in [6, 6.07) is 15.4. The summed E-state index contributed by atoms with van der Waals surface area (Å²) in [6.45, 7) is 0.754. The van der Waals surface area contributed by atoms with Crippen molar-refractivity contribution in [3.63, 3.8) is 0 Å². The van der Waals surface area contributed by atoms with E-state index in [1.54, 1.807) is 4.90 Å². The number of hydrogen-bond acceptors (Lipinski definition) is 2. The third-order valence-corrected chi connectivity index (χ3v) is 4.53. The smallest absolute Gasteiger partial charge is 0.228 e. The Balaban J connectivity index is 1.49. The molecule has 0 unspecified atom stereocenters.